The zero-order valence-electron chi connectivity index (χ0n) is 17.5. The Morgan fingerprint density at radius 1 is 1.31 bits per heavy atom. The van der Waals surface area contributed by atoms with Crippen molar-refractivity contribution in [3.8, 4) is 11.3 Å². The van der Waals surface area contributed by atoms with Crippen molar-refractivity contribution in [1.82, 2.24) is 9.97 Å². The number of anilines is 1. The zero-order valence-corrected chi connectivity index (χ0v) is 18.3. The third-order valence-corrected chi connectivity index (χ3v) is 3.86. The Morgan fingerprint density at radius 2 is 1.97 bits per heavy atom. The first kappa shape index (κ1) is 25.9. The van der Waals surface area contributed by atoms with Crippen molar-refractivity contribution in [2.45, 2.75) is 41.0 Å². The Kier molecular flexibility index (Phi) is 13.3. The van der Waals surface area contributed by atoms with Gasteiger partial charge in [-0.15, -0.1) is 11.3 Å². The van der Waals surface area contributed by atoms with E-state index < -0.39 is 11.9 Å². The van der Waals surface area contributed by atoms with E-state index in [0.717, 1.165) is 11.3 Å². The number of carboxylic acids is 1. The molecule has 0 atom stereocenters. The fraction of sp³-hybridized carbons (Fsp3) is 0.286. The Morgan fingerprint density at radius 3 is 2.45 bits per heavy atom. The van der Waals surface area contributed by atoms with E-state index >= 15 is 0 Å². The van der Waals surface area contributed by atoms with E-state index in [2.05, 4.69) is 40.7 Å². The van der Waals surface area contributed by atoms with Crippen LogP contribution in [-0.2, 0) is 4.79 Å². The van der Waals surface area contributed by atoms with Crippen molar-refractivity contribution in [3.05, 3.63) is 54.0 Å². The molecular weight excluding hydrogens is 388 g/mol. The van der Waals surface area contributed by atoms with E-state index in [1.165, 1.54) is 37.4 Å². The number of carbonyl (C=O) groups is 2. The molecule has 156 valence electrons. The van der Waals surface area contributed by atoms with Crippen molar-refractivity contribution < 1.29 is 14.7 Å². The van der Waals surface area contributed by atoms with Gasteiger partial charge in [0, 0.05) is 35.8 Å². The number of allylic oxidation sites excluding steroid dienone is 1. The molecule has 2 aromatic heterocycles. The topological polar surface area (TPSA) is 105 Å². The lowest BCUT2D eigenvalue weighted by Crippen LogP contribution is -2.16. The number of carboxylic acid groups (broad SMARTS) is 1. The summed E-state index contributed by atoms with van der Waals surface area (Å²) in [5.41, 5.74) is 1.09. The largest absolute Gasteiger partial charge is 0.478 e. The van der Waals surface area contributed by atoms with Crippen LogP contribution in [0.5, 0.6) is 0 Å². The first-order chi connectivity index (χ1) is 14.0. The van der Waals surface area contributed by atoms with E-state index in [1.54, 1.807) is 18.4 Å². The van der Waals surface area contributed by atoms with Gasteiger partial charge in [-0.2, -0.15) is 0 Å². The first-order valence-electron chi connectivity index (χ1n) is 9.22. The number of aromatic carboxylic acids is 1. The van der Waals surface area contributed by atoms with Crippen molar-refractivity contribution in [2.75, 3.05) is 5.32 Å². The van der Waals surface area contributed by atoms with Crippen LogP contribution >= 0.6 is 11.3 Å². The molecule has 7 nitrogen and oxygen atoms in total. The van der Waals surface area contributed by atoms with Crippen LogP contribution in [0.2, 0.25) is 0 Å². The molecule has 0 aliphatic heterocycles. The lowest BCUT2D eigenvalue weighted by Gasteiger charge is -2.05. The number of amides is 1. The van der Waals surface area contributed by atoms with E-state index in [-0.39, 0.29) is 10.6 Å². The van der Waals surface area contributed by atoms with Gasteiger partial charge in [0.1, 0.15) is 10.6 Å². The van der Waals surface area contributed by atoms with Crippen LogP contribution in [0.3, 0.4) is 0 Å². The molecule has 1 amide bonds. The highest BCUT2D eigenvalue weighted by Gasteiger charge is 2.22. The van der Waals surface area contributed by atoms with Crippen LogP contribution < -0.4 is 5.32 Å². The molecular formula is C21H28N4O3S. The quantitative estimate of drug-likeness (QED) is 0.481. The van der Waals surface area contributed by atoms with Gasteiger partial charge in [-0.1, -0.05) is 46.8 Å². The molecule has 0 saturated heterocycles. The molecule has 2 heterocycles. The Bertz CT molecular complexity index is 843. The molecule has 2 aromatic rings. The average molecular weight is 417 g/mol. The number of aromatic nitrogens is 2. The number of nitrogens with one attached hydrogen (secondary N) is 1. The minimum absolute atomic E-state index is 0.0232. The van der Waals surface area contributed by atoms with Crippen LogP contribution in [-0.4, -0.2) is 33.2 Å². The summed E-state index contributed by atoms with van der Waals surface area (Å²) >= 11 is 1.11. The number of hydrogen-bond acceptors (Lipinski definition) is 6. The van der Waals surface area contributed by atoms with E-state index in [0.29, 0.717) is 16.8 Å². The predicted octanol–water partition coefficient (Wildman–Crippen LogP) is 5.44. The molecule has 0 aliphatic carbocycles. The average Bonchev–Trinajstić information content (AvgIpc) is 3.15. The summed E-state index contributed by atoms with van der Waals surface area (Å²) < 4.78 is 0. The lowest BCUT2D eigenvalue weighted by molar-refractivity contribution is -0.112. The number of hydrogen-bond donors (Lipinski definition) is 2. The molecule has 0 aliphatic rings. The molecule has 0 bridgehead atoms. The van der Waals surface area contributed by atoms with Gasteiger partial charge in [0.15, 0.2) is 0 Å². The molecule has 0 fully saturated rings. The Labute approximate surface area is 176 Å². The second-order valence-corrected chi connectivity index (χ2v) is 5.99. The minimum Gasteiger partial charge on any atom is -0.478 e. The maximum atomic E-state index is 12.3. The molecule has 0 aromatic carbocycles. The normalized spacial score (nSPS) is 10.3. The van der Waals surface area contributed by atoms with Crippen molar-refractivity contribution in [1.29, 1.82) is 0 Å². The SMILES string of the molecule is C=CN=C/C(=C\C)C(=O)Nc1scc(-c2cnccn2)c1C(=O)O.CC.CCC. The van der Waals surface area contributed by atoms with Gasteiger partial charge in [0.05, 0.1) is 17.5 Å². The number of nitrogens with zero attached hydrogens (tertiary/aromatic N) is 3. The number of thiophene rings is 1. The van der Waals surface area contributed by atoms with Crippen LogP contribution in [0.1, 0.15) is 51.4 Å². The molecule has 29 heavy (non-hydrogen) atoms. The first-order valence-corrected chi connectivity index (χ1v) is 10.1. The van der Waals surface area contributed by atoms with Crippen molar-refractivity contribution >= 4 is 34.4 Å². The van der Waals surface area contributed by atoms with E-state index in [4.69, 9.17) is 0 Å². The molecule has 0 unspecified atom stereocenters. The summed E-state index contributed by atoms with van der Waals surface area (Å²) in [6.07, 6.45) is 9.90. The fourth-order valence-corrected chi connectivity index (χ4v) is 2.80. The van der Waals surface area contributed by atoms with E-state index in [9.17, 15) is 14.7 Å². The van der Waals surface area contributed by atoms with Crippen LogP contribution in [0.4, 0.5) is 5.00 Å². The minimum atomic E-state index is -1.16. The zero-order chi connectivity index (χ0) is 22.2. The summed E-state index contributed by atoms with van der Waals surface area (Å²) in [6.45, 7) is 13.4. The van der Waals surface area contributed by atoms with Crippen LogP contribution in [0, 0.1) is 0 Å². The summed E-state index contributed by atoms with van der Waals surface area (Å²) in [5, 5.41) is 13.9. The van der Waals surface area contributed by atoms with Gasteiger partial charge < -0.3 is 10.4 Å². The van der Waals surface area contributed by atoms with Crippen molar-refractivity contribution in [2.24, 2.45) is 4.99 Å². The molecule has 0 radical (unpaired) electrons. The van der Waals surface area contributed by atoms with Crippen molar-refractivity contribution in [3.63, 3.8) is 0 Å². The third-order valence-electron chi connectivity index (χ3n) is 2.96. The van der Waals surface area contributed by atoms with Gasteiger partial charge in [0.25, 0.3) is 5.91 Å². The second-order valence-electron chi connectivity index (χ2n) is 5.12. The molecule has 2 N–H and O–H groups in total. The lowest BCUT2D eigenvalue weighted by atomic mass is 10.1. The molecule has 0 spiro atoms. The van der Waals surface area contributed by atoms with Gasteiger partial charge >= 0.3 is 5.97 Å². The second kappa shape index (κ2) is 14.9. The summed E-state index contributed by atoms with van der Waals surface area (Å²) in [6, 6.07) is 0. The van der Waals surface area contributed by atoms with E-state index in [1.807, 2.05) is 13.8 Å². The third kappa shape index (κ3) is 8.18. The summed E-state index contributed by atoms with van der Waals surface area (Å²) in [7, 11) is 0. The predicted molar refractivity (Wildman–Crippen MR) is 121 cm³/mol. The van der Waals surface area contributed by atoms with Gasteiger partial charge in [-0.25, -0.2) is 4.79 Å². The maximum absolute atomic E-state index is 12.3. The number of aliphatic imine (C=N–C) groups is 1. The maximum Gasteiger partial charge on any atom is 0.339 e. The highest BCUT2D eigenvalue weighted by Crippen LogP contribution is 2.34. The van der Waals surface area contributed by atoms with Gasteiger partial charge in [0.2, 0.25) is 0 Å². The Balaban J connectivity index is 0.00000143. The van der Waals surface area contributed by atoms with Crippen LogP contribution in [0.15, 0.2) is 53.4 Å². The van der Waals surface area contributed by atoms with Gasteiger partial charge in [-0.05, 0) is 6.92 Å². The summed E-state index contributed by atoms with van der Waals surface area (Å²) in [4.78, 5) is 35.7. The monoisotopic (exact) mass is 416 g/mol. The fourth-order valence-electron chi connectivity index (χ4n) is 1.86. The molecule has 8 heteroatoms. The number of carbonyl (C=O) groups excluding carboxylic acids is 1. The van der Waals surface area contributed by atoms with Gasteiger partial charge in [-0.3, -0.25) is 19.8 Å². The molecule has 0 saturated carbocycles. The Hall–Kier alpha value is -3.13. The highest BCUT2D eigenvalue weighted by atomic mass is 32.1. The summed E-state index contributed by atoms with van der Waals surface area (Å²) in [5.74, 6) is -1.62. The molecule has 2 rings (SSSR count). The standard InChI is InChI=1S/C16H14N4O3S.C3H8.C2H6/c1-3-10(7-17-4-2)14(21)20-15-13(16(22)23)11(9-24-15)12-8-18-5-6-19-12;1-3-2;1-2/h3-9H,2H2,1H3,(H,20,21)(H,22,23);3H2,1-2H3;1-2H3/b10-3+,17-7?;;. The highest BCUT2D eigenvalue weighted by molar-refractivity contribution is 7.15. The number of rotatable bonds is 6. The smallest absolute Gasteiger partial charge is 0.339 e. The van der Waals surface area contributed by atoms with Crippen LogP contribution in [0.25, 0.3) is 11.3 Å².